The number of hydrogen-bond acceptors (Lipinski definition) is 18. The van der Waals surface area contributed by atoms with E-state index < -0.39 is 87.1 Å². The minimum atomic E-state index is -4.19. The molecule has 18 heteroatoms. The second-order valence-corrected chi connectivity index (χ2v) is 24.2. The fourth-order valence-electron chi connectivity index (χ4n) is 11.5. The number of hydrogen-bond donors (Lipinski definition) is 3. The van der Waals surface area contributed by atoms with Crippen LogP contribution in [0.25, 0.3) is 0 Å². The minimum absolute atomic E-state index is 0.247. The molecule has 6 atom stereocenters. The summed E-state index contributed by atoms with van der Waals surface area (Å²) in [6, 6.07) is 32.0. The average Bonchev–Trinajstić information content (AvgIpc) is 0.660. The molecule has 0 unspecified atom stereocenters. The van der Waals surface area contributed by atoms with Gasteiger partial charge < -0.3 is 58.0 Å². The summed E-state index contributed by atoms with van der Waals surface area (Å²) >= 11 is 0. The van der Waals surface area contributed by atoms with Gasteiger partial charge in [-0.1, -0.05) is 119 Å². The Bertz CT molecular complexity index is 3230. The second kappa shape index (κ2) is 37.6. The van der Waals surface area contributed by atoms with E-state index in [1.54, 1.807) is 0 Å². The van der Waals surface area contributed by atoms with Gasteiger partial charge in [0.05, 0.1) is 56.3 Å². The lowest BCUT2D eigenvalue weighted by Crippen LogP contribution is -2.91. The first-order chi connectivity index (χ1) is 46.6. The van der Waals surface area contributed by atoms with Crippen LogP contribution in [0.15, 0.2) is 146 Å². The Morgan fingerprint density at radius 1 is 0.281 bits per heavy atom. The monoisotopic (exact) mass is 1320 g/mol. The van der Waals surface area contributed by atoms with E-state index in [9.17, 15) is 15.3 Å². The number of ketones is 3. The molecule has 18 nitrogen and oxygen atoms in total. The van der Waals surface area contributed by atoms with Crippen LogP contribution in [0.4, 0.5) is 0 Å². The number of ether oxygens (including phenoxy) is 9. The van der Waals surface area contributed by atoms with Gasteiger partial charge >= 0.3 is 17.9 Å². The largest absolute Gasteiger partial charge is 0.494 e. The van der Waals surface area contributed by atoms with E-state index in [-0.39, 0.29) is 53.8 Å². The second-order valence-electron chi connectivity index (χ2n) is 24.2. The first-order valence-corrected chi connectivity index (χ1v) is 34.3. The van der Waals surface area contributed by atoms with Gasteiger partial charge in [0, 0.05) is 16.7 Å². The molecule has 0 bridgehead atoms. The highest BCUT2D eigenvalue weighted by Crippen LogP contribution is 2.56. The zero-order valence-corrected chi connectivity index (χ0v) is 56.5. The van der Waals surface area contributed by atoms with Crippen molar-refractivity contribution in [3.63, 3.8) is 0 Å². The summed E-state index contributed by atoms with van der Waals surface area (Å²) in [5.41, 5.74) is -14.8. The Hall–Kier alpha value is -8.58. The Kier molecular flexibility index (Phi) is 29.3. The predicted molar refractivity (Wildman–Crippen MR) is 364 cm³/mol. The zero-order valence-electron chi connectivity index (χ0n) is 56.5. The number of aliphatic hydroxyl groups is 3. The Morgan fingerprint density at radius 2 is 0.479 bits per heavy atom. The molecule has 516 valence electrons. The third-order valence-corrected chi connectivity index (χ3v) is 17.0. The van der Waals surface area contributed by atoms with Crippen molar-refractivity contribution in [2.24, 2.45) is 0 Å². The van der Waals surface area contributed by atoms with E-state index in [1.807, 2.05) is 41.5 Å². The Labute approximate surface area is 564 Å². The number of Topliss-reactive ketones (excluding diaryl/α,β-unsaturated/α-hetero) is 3. The molecule has 1 aliphatic carbocycles. The van der Waals surface area contributed by atoms with Crippen LogP contribution in [0.2, 0.25) is 0 Å². The summed E-state index contributed by atoms with van der Waals surface area (Å²) in [5.74, 6) is -7.58. The molecule has 0 aliphatic heterocycles. The maximum atomic E-state index is 17.5. The molecule has 0 aromatic heterocycles. The highest BCUT2D eigenvalue weighted by Gasteiger charge is 2.88. The number of esters is 3. The van der Waals surface area contributed by atoms with Gasteiger partial charge in [0.1, 0.15) is 52.8 Å². The molecule has 0 spiro atoms. The average molecular weight is 1320 g/mol. The molecule has 1 fully saturated rings. The molecule has 6 aromatic carbocycles. The predicted octanol–water partition coefficient (Wildman–Crippen LogP) is 14.9. The van der Waals surface area contributed by atoms with Crippen LogP contribution in [0.3, 0.4) is 0 Å². The maximum absolute atomic E-state index is 17.5. The van der Waals surface area contributed by atoms with Crippen LogP contribution in [-0.4, -0.2) is 125 Å². The molecule has 0 saturated heterocycles. The van der Waals surface area contributed by atoms with E-state index in [0.29, 0.717) is 62.8 Å². The molecular formula is C78H96O18. The molecule has 1 saturated carbocycles. The van der Waals surface area contributed by atoms with Crippen molar-refractivity contribution < 1.29 is 86.7 Å². The fourth-order valence-corrected chi connectivity index (χ4v) is 11.5. The summed E-state index contributed by atoms with van der Waals surface area (Å²) in [6.45, 7) is 14.1. The summed E-state index contributed by atoms with van der Waals surface area (Å²) in [4.78, 5) is 99.3. The smallest absolute Gasteiger partial charge is 0.339 e. The van der Waals surface area contributed by atoms with Gasteiger partial charge in [-0.3, -0.25) is 14.4 Å². The van der Waals surface area contributed by atoms with Crippen molar-refractivity contribution in [1.82, 2.24) is 0 Å². The van der Waals surface area contributed by atoms with E-state index in [4.69, 9.17) is 42.6 Å². The van der Waals surface area contributed by atoms with Crippen molar-refractivity contribution in [2.75, 3.05) is 39.6 Å². The summed E-state index contributed by atoms with van der Waals surface area (Å²) in [6.07, 6.45) is 5.82. The van der Waals surface area contributed by atoms with Gasteiger partial charge in [-0.25, -0.2) is 14.4 Å². The fraction of sp³-hybridized carbons (Fsp3) is 0.462. The molecule has 1 aliphatic rings. The maximum Gasteiger partial charge on any atom is 0.339 e. The summed E-state index contributed by atoms with van der Waals surface area (Å²) in [7, 11) is 0. The number of unbranched alkanes of at least 4 members (excludes halogenated alkanes) is 12. The lowest BCUT2D eigenvalue weighted by molar-refractivity contribution is -0.293. The molecular weight excluding hydrogens is 1220 g/mol. The summed E-state index contributed by atoms with van der Waals surface area (Å²) in [5, 5.41) is 40.2. The van der Waals surface area contributed by atoms with Crippen LogP contribution in [0, 0.1) is 0 Å². The Morgan fingerprint density at radius 3 is 0.698 bits per heavy atom. The van der Waals surface area contributed by atoms with Crippen molar-refractivity contribution in [2.45, 2.75) is 192 Å². The standard InChI is InChI=1S/C78H96O18/c1-7-13-19-49-88-61-37-25-55(26-38-61)68(80)76(94-73(85)58-31-43-64(44-32-58)91-52-22-16-10-4)71(83)67(79)72(84)77(69(81)56-27-39-62(40-28-56)89-50-20-14-8-2,95-74(86)59-33-45-65(46-34-59)92-53-23-17-11-5)78(76,70(82)57-29-41-63(42-30-57)90-51-21-15-9-3)96-75(87)60-35-47-66(48-36-60)93-54-24-18-12-6/h25-48,67,71-72,79,83-84H,7-24,49-54H2,1-6H3/t67-,71-,72+,76+,77-,78-. The topological polar surface area (TPSA) is 246 Å². The number of aliphatic hydroxyl groups excluding tert-OH is 3. The molecule has 7 rings (SSSR count). The normalized spacial score (nSPS) is 18.9. The van der Waals surface area contributed by atoms with Gasteiger partial charge in [0.25, 0.3) is 16.8 Å². The van der Waals surface area contributed by atoms with Gasteiger partial charge in [-0.05, 0) is 184 Å². The van der Waals surface area contributed by atoms with Crippen molar-refractivity contribution >= 4 is 35.3 Å². The SMILES string of the molecule is CCCCCOc1ccc(C(=O)O[C@@]2(C(=O)c3ccc(OCCCCC)cc3)[C@@](OC(=O)c3ccc(OCCCCC)cc3)(C(=O)c3ccc(OCCCCC)cc3)[C@@H](O)[C@H](O)[C@@H](O)[C@@]2(OC(=O)c2ccc(OCCCCC)cc2)C(=O)c2ccc(OCCCCC)cc2)cc1. The van der Waals surface area contributed by atoms with Crippen LogP contribution in [-0.2, 0) is 14.2 Å². The van der Waals surface area contributed by atoms with Crippen molar-refractivity contribution in [3.8, 4) is 34.5 Å². The first-order valence-electron chi connectivity index (χ1n) is 34.3. The number of rotatable bonds is 42. The van der Waals surface area contributed by atoms with Crippen LogP contribution in [0.1, 0.15) is 219 Å². The quantitative estimate of drug-likeness (QED) is 0.0139. The lowest BCUT2D eigenvalue weighted by Gasteiger charge is -2.60. The molecule has 0 amide bonds. The molecule has 0 heterocycles. The van der Waals surface area contributed by atoms with E-state index >= 15 is 28.8 Å². The molecule has 6 aromatic rings. The van der Waals surface area contributed by atoms with Crippen LogP contribution < -0.4 is 28.4 Å². The van der Waals surface area contributed by atoms with Gasteiger partial charge in [-0.15, -0.1) is 0 Å². The number of benzene rings is 6. The lowest BCUT2D eigenvalue weighted by atomic mass is 9.52. The van der Waals surface area contributed by atoms with Gasteiger partial charge in [0.2, 0.25) is 17.3 Å². The van der Waals surface area contributed by atoms with Crippen LogP contribution in [0.5, 0.6) is 34.5 Å². The third kappa shape index (κ3) is 18.3. The Balaban J connectivity index is 1.62. The van der Waals surface area contributed by atoms with Gasteiger partial charge in [0.15, 0.2) is 0 Å². The van der Waals surface area contributed by atoms with E-state index in [1.165, 1.54) is 146 Å². The van der Waals surface area contributed by atoms with Crippen molar-refractivity contribution in [3.05, 3.63) is 179 Å². The highest BCUT2D eigenvalue weighted by molar-refractivity contribution is 6.21. The first kappa shape index (κ1) is 74.8. The van der Waals surface area contributed by atoms with E-state index in [0.717, 1.165) is 89.9 Å². The van der Waals surface area contributed by atoms with Crippen molar-refractivity contribution in [1.29, 1.82) is 0 Å². The van der Waals surface area contributed by atoms with Crippen LogP contribution >= 0.6 is 0 Å². The van der Waals surface area contributed by atoms with E-state index in [2.05, 4.69) is 0 Å². The molecule has 96 heavy (non-hydrogen) atoms. The summed E-state index contributed by atoms with van der Waals surface area (Å²) < 4.78 is 56.2. The number of carbonyl (C=O) groups excluding carboxylic acids is 6. The molecule has 3 N–H and O–H groups in total. The minimum Gasteiger partial charge on any atom is -0.494 e. The van der Waals surface area contributed by atoms with Gasteiger partial charge in [-0.2, -0.15) is 0 Å². The molecule has 0 radical (unpaired) electrons. The zero-order chi connectivity index (χ0) is 68.9. The highest BCUT2D eigenvalue weighted by atomic mass is 16.7. The number of carbonyl (C=O) groups is 6. The third-order valence-electron chi connectivity index (χ3n) is 17.0.